The summed E-state index contributed by atoms with van der Waals surface area (Å²) < 4.78 is 10.3. The molecule has 0 aliphatic rings. The molecule has 1 unspecified atom stereocenters. The third-order valence-electron chi connectivity index (χ3n) is 3.12. The number of aliphatic carboxylic acids is 1. The van der Waals surface area contributed by atoms with Gasteiger partial charge < -0.3 is 25.2 Å². The highest BCUT2D eigenvalue weighted by Gasteiger charge is 2.23. The molecular weight excluding hydrogens is 288 g/mol. The molecule has 0 heterocycles. The van der Waals surface area contributed by atoms with Crippen molar-refractivity contribution in [1.29, 1.82) is 0 Å². The Morgan fingerprint density at radius 1 is 1.18 bits per heavy atom. The average molecular weight is 310 g/mol. The Hall–Kier alpha value is -2.44. The Bertz CT molecular complexity index is 531. The first kappa shape index (κ1) is 17.6. The number of nitrogens with one attached hydrogen (secondary N) is 2. The van der Waals surface area contributed by atoms with E-state index < -0.39 is 18.0 Å². The lowest BCUT2D eigenvalue weighted by atomic mass is 10.1. The highest BCUT2D eigenvalue weighted by atomic mass is 16.5. The average Bonchev–Trinajstić information content (AvgIpc) is 2.49. The summed E-state index contributed by atoms with van der Waals surface area (Å²) in [7, 11) is 3.07. The lowest BCUT2D eigenvalue weighted by Gasteiger charge is -2.18. The molecule has 0 radical (unpaired) electrons. The largest absolute Gasteiger partial charge is 0.493 e. The van der Waals surface area contributed by atoms with Crippen molar-refractivity contribution in [2.45, 2.75) is 26.4 Å². The maximum Gasteiger partial charge on any atom is 0.326 e. The van der Waals surface area contributed by atoms with Crippen molar-refractivity contribution in [3.05, 3.63) is 23.8 Å². The molecule has 0 aliphatic heterocycles. The van der Waals surface area contributed by atoms with Gasteiger partial charge in [0.25, 0.3) is 0 Å². The highest BCUT2D eigenvalue weighted by Crippen LogP contribution is 2.27. The minimum absolute atomic E-state index is 0.204. The molecule has 1 rings (SSSR count). The molecule has 0 aromatic heterocycles. The van der Waals surface area contributed by atoms with E-state index in [1.807, 2.05) is 0 Å². The predicted octanol–water partition coefficient (Wildman–Crippen LogP) is 1.61. The molecule has 0 saturated carbocycles. The van der Waals surface area contributed by atoms with E-state index in [0.29, 0.717) is 11.5 Å². The fraction of sp³-hybridized carbons (Fsp3) is 0.467. The van der Waals surface area contributed by atoms with E-state index in [4.69, 9.17) is 14.6 Å². The fourth-order valence-corrected chi connectivity index (χ4v) is 1.88. The van der Waals surface area contributed by atoms with Crippen molar-refractivity contribution < 1.29 is 24.2 Å². The van der Waals surface area contributed by atoms with Gasteiger partial charge in [0.1, 0.15) is 6.04 Å². The quantitative estimate of drug-likeness (QED) is 0.711. The summed E-state index contributed by atoms with van der Waals surface area (Å²) in [4.78, 5) is 22.8. The van der Waals surface area contributed by atoms with Crippen LogP contribution in [0.1, 0.15) is 19.4 Å². The lowest BCUT2D eigenvalue weighted by Crippen LogP contribution is -2.48. The first-order valence-corrected chi connectivity index (χ1v) is 6.87. The van der Waals surface area contributed by atoms with Crippen molar-refractivity contribution in [2.75, 3.05) is 14.2 Å². The van der Waals surface area contributed by atoms with Crippen LogP contribution in [0.5, 0.6) is 11.5 Å². The number of urea groups is 1. The van der Waals surface area contributed by atoms with E-state index in [0.717, 1.165) is 5.56 Å². The molecular formula is C15H22N2O5. The van der Waals surface area contributed by atoms with E-state index in [1.165, 1.54) is 7.11 Å². The molecule has 1 aromatic rings. The zero-order valence-electron chi connectivity index (χ0n) is 13.2. The van der Waals surface area contributed by atoms with Gasteiger partial charge in [0.05, 0.1) is 14.2 Å². The molecule has 3 N–H and O–H groups in total. The maximum atomic E-state index is 11.8. The summed E-state index contributed by atoms with van der Waals surface area (Å²) in [5.41, 5.74) is 0.809. The number of methoxy groups -OCH3 is 2. The number of benzene rings is 1. The monoisotopic (exact) mass is 310 g/mol. The van der Waals surface area contributed by atoms with E-state index in [1.54, 1.807) is 39.2 Å². The number of hydrogen-bond donors (Lipinski definition) is 3. The first-order valence-electron chi connectivity index (χ1n) is 6.87. The molecule has 1 aromatic carbocycles. The zero-order valence-corrected chi connectivity index (χ0v) is 13.2. The fourth-order valence-electron chi connectivity index (χ4n) is 1.88. The molecule has 0 fully saturated rings. The minimum Gasteiger partial charge on any atom is -0.493 e. The van der Waals surface area contributed by atoms with Gasteiger partial charge in [0, 0.05) is 6.54 Å². The van der Waals surface area contributed by atoms with Crippen LogP contribution >= 0.6 is 0 Å². The van der Waals surface area contributed by atoms with Crippen molar-refractivity contribution in [3.8, 4) is 11.5 Å². The highest BCUT2D eigenvalue weighted by molar-refractivity contribution is 5.82. The molecule has 0 spiro atoms. The number of carboxylic acid groups (broad SMARTS) is 1. The SMILES string of the molecule is COc1ccc(CNC(=O)NC(C(=O)O)C(C)C)cc1OC. The van der Waals surface area contributed by atoms with E-state index in [-0.39, 0.29) is 12.5 Å². The van der Waals surface area contributed by atoms with Gasteiger partial charge in [-0.25, -0.2) is 9.59 Å². The van der Waals surface area contributed by atoms with Crippen molar-refractivity contribution in [3.63, 3.8) is 0 Å². The van der Waals surface area contributed by atoms with Crippen LogP contribution < -0.4 is 20.1 Å². The number of carbonyl (C=O) groups is 2. The van der Waals surface area contributed by atoms with Crippen molar-refractivity contribution in [2.24, 2.45) is 5.92 Å². The van der Waals surface area contributed by atoms with Crippen LogP contribution in [-0.4, -0.2) is 37.4 Å². The van der Waals surface area contributed by atoms with Crippen LogP contribution in [-0.2, 0) is 11.3 Å². The lowest BCUT2D eigenvalue weighted by molar-refractivity contribution is -0.140. The number of rotatable bonds is 7. The number of hydrogen-bond acceptors (Lipinski definition) is 4. The third kappa shape index (κ3) is 4.83. The van der Waals surface area contributed by atoms with Crippen LogP contribution in [0, 0.1) is 5.92 Å². The van der Waals surface area contributed by atoms with Gasteiger partial charge in [-0.1, -0.05) is 19.9 Å². The third-order valence-corrected chi connectivity index (χ3v) is 3.12. The number of ether oxygens (including phenoxy) is 2. The molecule has 122 valence electrons. The summed E-state index contributed by atoms with van der Waals surface area (Å²) in [5, 5.41) is 14.1. The number of amides is 2. The Kier molecular flexibility index (Phi) is 6.49. The van der Waals surface area contributed by atoms with Crippen LogP contribution in [0.4, 0.5) is 4.79 Å². The van der Waals surface area contributed by atoms with Crippen molar-refractivity contribution in [1.82, 2.24) is 10.6 Å². The summed E-state index contributed by atoms with van der Waals surface area (Å²) >= 11 is 0. The molecule has 0 saturated heterocycles. The predicted molar refractivity (Wildman–Crippen MR) is 81.2 cm³/mol. The Labute approximate surface area is 129 Å². The van der Waals surface area contributed by atoms with E-state index in [2.05, 4.69) is 10.6 Å². The van der Waals surface area contributed by atoms with Gasteiger partial charge in [-0.3, -0.25) is 0 Å². The molecule has 7 heteroatoms. The summed E-state index contributed by atoms with van der Waals surface area (Å²) in [6.07, 6.45) is 0. The van der Waals surface area contributed by atoms with Crippen LogP contribution in [0.2, 0.25) is 0 Å². The smallest absolute Gasteiger partial charge is 0.326 e. The van der Waals surface area contributed by atoms with Gasteiger partial charge in [0.2, 0.25) is 0 Å². The van der Waals surface area contributed by atoms with E-state index >= 15 is 0 Å². The molecule has 7 nitrogen and oxygen atoms in total. The van der Waals surface area contributed by atoms with Gasteiger partial charge in [-0.15, -0.1) is 0 Å². The van der Waals surface area contributed by atoms with Gasteiger partial charge >= 0.3 is 12.0 Å². The normalized spacial score (nSPS) is 11.7. The van der Waals surface area contributed by atoms with Crippen LogP contribution in [0.25, 0.3) is 0 Å². The van der Waals surface area contributed by atoms with E-state index in [9.17, 15) is 9.59 Å². The number of carboxylic acids is 1. The second-order valence-electron chi connectivity index (χ2n) is 5.08. The topological polar surface area (TPSA) is 96.9 Å². The maximum absolute atomic E-state index is 11.8. The van der Waals surface area contributed by atoms with Crippen LogP contribution in [0.15, 0.2) is 18.2 Å². The molecule has 1 atom stereocenters. The standard InChI is InChI=1S/C15H22N2O5/c1-9(2)13(14(18)19)17-15(20)16-8-10-5-6-11(21-3)12(7-10)22-4/h5-7,9,13H,8H2,1-4H3,(H,18,19)(H2,16,17,20). The summed E-state index contributed by atoms with van der Waals surface area (Å²) in [6, 6.07) is 3.82. The second-order valence-corrected chi connectivity index (χ2v) is 5.08. The summed E-state index contributed by atoms with van der Waals surface area (Å²) in [6.45, 7) is 3.71. The Balaban J connectivity index is 2.62. The molecule has 22 heavy (non-hydrogen) atoms. The number of carbonyl (C=O) groups excluding carboxylic acids is 1. The van der Waals surface area contributed by atoms with Gasteiger partial charge in [0.15, 0.2) is 11.5 Å². The van der Waals surface area contributed by atoms with Gasteiger partial charge in [-0.2, -0.15) is 0 Å². The summed E-state index contributed by atoms with van der Waals surface area (Å²) in [5.74, 6) is -0.102. The minimum atomic E-state index is -1.06. The van der Waals surface area contributed by atoms with Crippen molar-refractivity contribution >= 4 is 12.0 Å². The second kappa shape index (κ2) is 8.11. The van der Waals surface area contributed by atoms with Gasteiger partial charge in [-0.05, 0) is 23.6 Å². The zero-order chi connectivity index (χ0) is 16.7. The molecule has 0 bridgehead atoms. The van der Waals surface area contributed by atoms with Crippen LogP contribution in [0.3, 0.4) is 0 Å². The molecule has 2 amide bonds. The Morgan fingerprint density at radius 3 is 2.32 bits per heavy atom. The Morgan fingerprint density at radius 2 is 1.82 bits per heavy atom. The first-order chi connectivity index (χ1) is 10.4. The molecule has 0 aliphatic carbocycles.